The highest BCUT2D eigenvalue weighted by Gasteiger charge is 2.29. The smallest absolute Gasteiger partial charge is 0.235 e. The van der Waals surface area contributed by atoms with Crippen LogP contribution >= 0.6 is 10.7 Å². The molecule has 0 amide bonds. The molecule has 0 saturated heterocycles. The summed E-state index contributed by atoms with van der Waals surface area (Å²) in [5, 5.41) is -0.356. The molecule has 0 unspecified atom stereocenters. The Balaban J connectivity index is 2.47. The molecule has 0 radical (unpaired) electrons. The molecule has 0 aromatic carbocycles. The zero-order valence-electron chi connectivity index (χ0n) is 6.99. The second-order valence-corrected chi connectivity index (χ2v) is 6.02. The van der Waals surface area contributed by atoms with Gasteiger partial charge in [-0.05, 0) is 25.7 Å². The topological polar surface area (TPSA) is 43.4 Å². The summed E-state index contributed by atoms with van der Waals surface area (Å²) in [6.45, 7) is 0. The van der Waals surface area contributed by atoms with Gasteiger partial charge in [-0.15, -0.1) is 0 Å². The maximum atomic E-state index is 10.9. The lowest BCUT2D eigenvalue weighted by molar-refractivity contribution is 0.0718. The molecule has 0 atom stereocenters. The summed E-state index contributed by atoms with van der Waals surface area (Å²) < 4.78 is 26.9. The van der Waals surface area contributed by atoms with E-state index in [1.54, 1.807) is 7.11 Å². The fraction of sp³-hybridized carbons (Fsp3) is 1.00. The van der Waals surface area contributed by atoms with E-state index in [0.717, 1.165) is 12.8 Å². The van der Waals surface area contributed by atoms with Crippen molar-refractivity contribution in [2.24, 2.45) is 0 Å². The largest absolute Gasteiger partial charge is 0.381 e. The first-order valence-electron chi connectivity index (χ1n) is 4.00. The Morgan fingerprint density at radius 1 is 1.25 bits per heavy atom. The first-order chi connectivity index (χ1) is 5.54. The van der Waals surface area contributed by atoms with Crippen molar-refractivity contribution in [2.45, 2.75) is 37.0 Å². The van der Waals surface area contributed by atoms with Crippen molar-refractivity contribution in [3.8, 4) is 0 Å². The first-order valence-corrected chi connectivity index (χ1v) is 6.37. The minimum atomic E-state index is -3.34. The van der Waals surface area contributed by atoms with E-state index in [-0.39, 0.29) is 11.4 Å². The van der Waals surface area contributed by atoms with Crippen LogP contribution in [0.4, 0.5) is 0 Å². The van der Waals surface area contributed by atoms with Crippen LogP contribution in [0.1, 0.15) is 25.7 Å². The first kappa shape index (κ1) is 10.3. The summed E-state index contributed by atoms with van der Waals surface area (Å²) in [6.07, 6.45) is 3.08. The molecule has 5 heteroatoms. The highest BCUT2D eigenvalue weighted by Crippen LogP contribution is 2.27. The third-order valence-electron chi connectivity index (χ3n) is 2.35. The summed E-state index contributed by atoms with van der Waals surface area (Å²) in [6, 6.07) is 0. The van der Waals surface area contributed by atoms with Gasteiger partial charge < -0.3 is 4.74 Å². The highest BCUT2D eigenvalue weighted by molar-refractivity contribution is 8.14. The van der Waals surface area contributed by atoms with Crippen LogP contribution < -0.4 is 0 Å². The third kappa shape index (κ3) is 2.61. The van der Waals surface area contributed by atoms with Crippen molar-refractivity contribution in [1.82, 2.24) is 0 Å². The van der Waals surface area contributed by atoms with Crippen LogP contribution in [0, 0.1) is 0 Å². The van der Waals surface area contributed by atoms with Gasteiger partial charge in [0.25, 0.3) is 0 Å². The minimum absolute atomic E-state index is 0.222. The van der Waals surface area contributed by atoms with Gasteiger partial charge in [-0.1, -0.05) is 0 Å². The van der Waals surface area contributed by atoms with Crippen molar-refractivity contribution >= 4 is 19.7 Å². The van der Waals surface area contributed by atoms with Crippen LogP contribution in [0.2, 0.25) is 0 Å². The second kappa shape index (κ2) is 3.94. The Morgan fingerprint density at radius 2 is 1.75 bits per heavy atom. The summed E-state index contributed by atoms with van der Waals surface area (Å²) >= 11 is 0. The second-order valence-electron chi connectivity index (χ2n) is 3.11. The number of halogens is 1. The molecule has 12 heavy (non-hydrogen) atoms. The predicted octanol–water partition coefficient (Wildman–Crippen LogP) is 1.51. The van der Waals surface area contributed by atoms with Crippen LogP contribution in [0.15, 0.2) is 0 Å². The van der Waals surface area contributed by atoms with Crippen LogP contribution in [-0.2, 0) is 13.8 Å². The molecule has 0 heterocycles. The van der Waals surface area contributed by atoms with Gasteiger partial charge in [0.05, 0.1) is 11.4 Å². The molecule has 1 fully saturated rings. The van der Waals surface area contributed by atoms with E-state index in [2.05, 4.69) is 0 Å². The van der Waals surface area contributed by atoms with E-state index in [1.807, 2.05) is 0 Å². The van der Waals surface area contributed by atoms with Gasteiger partial charge in [-0.3, -0.25) is 0 Å². The zero-order valence-corrected chi connectivity index (χ0v) is 8.57. The van der Waals surface area contributed by atoms with Gasteiger partial charge in [-0.2, -0.15) is 0 Å². The van der Waals surface area contributed by atoms with Gasteiger partial charge in [0.2, 0.25) is 9.05 Å². The van der Waals surface area contributed by atoms with Crippen molar-refractivity contribution in [1.29, 1.82) is 0 Å². The molecular weight excluding hydrogens is 200 g/mol. The molecule has 1 rings (SSSR count). The predicted molar refractivity (Wildman–Crippen MR) is 47.8 cm³/mol. The number of hydrogen-bond acceptors (Lipinski definition) is 3. The normalized spacial score (nSPS) is 31.8. The minimum Gasteiger partial charge on any atom is -0.381 e. The van der Waals surface area contributed by atoms with Gasteiger partial charge in [0.15, 0.2) is 0 Å². The Kier molecular flexibility index (Phi) is 3.37. The van der Waals surface area contributed by atoms with Crippen LogP contribution in [-0.4, -0.2) is 26.9 Å². The zero-order chi connectivity index (χ0) is 9.19. The molecule has 0 aliphatic heterocycles. The number of methoxy groups -OCH3 is 1. The van der Waals surface area contributed by atoms with Crippen molar-refractivity contribution < 1.29 is 13.2 Å². The maximum Gasteiger partial charge on any atom is 0.235 e. The van der Waals surface area contributed by atoms with E-state index in [9.17, 15) is 8.42 Å². The Bertz CT molecular complexity index is 229. The number of rotatable bonds is 2. The van der Waals surface area contributed by atoms with Crippen molar-refractivity contribution in [3.05, 3.63) is 0 Å². The molecule has 0 aromatic rings. The standard InChI is InChI=1S/C7H13ClO3S/c1-11-6-2-4-7(5-3-6)12(8,9)10/h6-7H,2-5H2,1H3. The Labute approximate surface area is 77.5 Å². The number of hydrogen-bond donors (Lipinski definition) is 0. The van der Waals surface area contributed by atoms with Gasteiger partial charge in [0.1, 0.15) is 0 Å². The van der Waals surface area contributed by atoms with Crippen molar-refractivity contribution in [3.63, 3.8) is 0 Å². The fourth-order valence-electron chi connectivity index (χ4n) is 1.55. The molecule has 72 valence electrons. The number of ether oxygens (including phenoxy) is 1. The molecule has 0 bridgehead atoms. The SMILES string of the molecule is COC1CCC(S(=O)(=O)Cl)CC1. The molecule has 1 aliphatic rings. The van der Waals surface area contributed by atoms with Crippen molar-refractivity contribution in [2.75, 3.05) is 7.11 Å². The lowest BCUT2D eigenvalue weighted by Gasteiger charge is -2.25. The Morgan fingerprint density at radius 3 is 2.08 bits per heavy atom. The maximum absolute atomic E-state index is 10.9. The summed E-state index contributed by atoms with van der Waals surface area (Å²) in [7, 11) is 3.55. The van der Waals surface area contributed by atoms with E-state index >= 15 is 0 Å². The van der Waals surface area contributed by atoms with E-state index < -0.39 is 9.05 Å². The lowest BCUT2D eigenvalue weighted by Crippen LogP contribution is -2.27. The van der Waals surface area contributed by atoms with Gasteiger partial charge >= 0.3 is 0 Å². The molecule has 3 nitrogen and oxygen atoms in total. The van der Waals surface area contributed by atoms with Gasteiger partial charge in [-0.25, -0.2) is 8.42 Å². The monoisotopic (exact) mass is 212 g/mol. The molecular formula is C7H13ClO3S. The summed E-state index contributed by atoms with van der Waals surface area (Å²) in [5.74, 6) is 0. The lowest BCUT2D eigenvalue weighted by atomic mass is 9.97. The summed E-state index contributed by atoms with van der Waals surface area (Å²) in [5.41, 5.74) is 0. The average molecular weight is 213 g/mol. The molecule has 0 spiro atoms. The van der Waals surface area contributed by atoms with Crippen LogP contribution in [0.3, 0.4) is 0 Å². The highest BCUT2D eigenvalue weighted by atomic mass is 35.7. The van der Waals surface area contributed by atoms with Crippen LogP contribution in [0.25, 0.3) is 0 Å². The molecule has 1 aliphatic carbocycles. The molecule has 1 saturated carbocycles. The van der Waals surface area contributed by atoms with E-state index in [4.69, 9.17) is 15.4 Å². The fourth-order valence-corrected chi connectivity index (χ4v) is 2.92. The van der Waals surface area contributed by atoms with E-state index in [1.165, 1.54) is 0 Å². The molecule has 0 N–H and O–H groups in total. The van der Waals surface area contributed by atoms with Crippen LogP contribution in [0.5, 0.6) is 0 Å². The Hall–Kier alpha value is 0.200. The quantitative estimate of drug-likeness (QED) is 0.652. The van der Waals surface area contributed by atoms with E-state index in [0.29, 0.717) is 12.8 Å². The molecule has 0 aromatic heterocycles. The summed E-state index contributed by atoms with van der Waals surface area (Å²) in [4.78, 5) is 0. The third-order valence-corrected chi connectivity index (χ3v) is 4.38. The van der Waals surface area contributed by atoms with Gasteiger partial charge in [0, 0.05) is 17.8 Å². The average Bonchev–Trinajstić information content (AvgIpc) is 2.03.